The minimum atomic E-state index is -1.41. The zero-order valence-electron chi connectivity index (χ0n) is 8.09. The van der Waals surface area contributed by atoms with Crippen LogP contribution < -0.4 is 0 Å². The zero-order valence-corrected chi connectivity index (χ0v) is 8.09. The highest BCUT2D eigenvalue weighted by molar-refractivity contribution is 6.29. The van der Waals surface area contributed by atoms with Crippen LogP contribution in [-0.4, -0.2) is 24.6 Å². The predicted octanol–water partition coefficient (Wildman–Crippen LogP) is 1.43. The van der Waals surface area contributed by atoms with Gasteiger partial charge in [0.05, 0.1) is 0 Å². The summed E-state index contributed by atoms with van der Waals surface area (Å²) in [5, 5.41) is 0. The van der Waals surface area contributed by atoms with Gasteiger partial charge in [-0.1, -0.05) is 13.2 Å². The van der Waals surface area contributed by atoms with Crippen molar-refractivity contribution in [2.45, 2.75) is 13.0 Å². The molecule has 0 aromatic rings. The summed E-state index contributed by atoms with van der Waals surface area (Å²) >= 11 is 0. The molecule has 6 heteroatoms. The number of rotatable bonds is 4. The summed E-state index contributed by atoms with van der Waals surface area (Å²) in [7, 11) is 0. The van der Waals surface area contributed by atoms with Gasteiger partial charge >= 0.3 is 11.9 Å². The van der Waals surface area contributed by atoms with Gasteiger partial charge in [-0.15, -0.1) is 0 Å². The van der Waals surface area contributed by atoms with E-state index < -0.39 is 36.3 Å². The van der Waals surface area contributed by atoms with Gasteiger partial charge in [0.25, 0.3) is 0 Å². The van der Waals surface area contributed by atoms with E-state index in [-0.39, 0.29) is 0 Å². The molecular weight excluding hydrogens is 210 g/mol. The van der Waals surface area contributed by atoms with Crippen molar-refractivity contribution in [2.75, 3.05) is 6.61 Å². The van der Waals surface area contributed by atoms with E-state index in [2.05, 4.69) is 22.6 Å². The number of hydrogen-bond donors (Lipinski definition) is 0. The van der Waals surface area contributed by atoms with E-state index in [4.69, 9.17) is 0 Å². The summed E-state index contributed by atoms with van der Waals surface area (Å²) in [5.41, 5.74) is 0. The lowest BCUT2D eigenvalue weighted by molar-refractivity contribution is -0.169. The minimum absolute atomic E-state index is 0.737. The first-order valence-corrected chi connectivity index (χ1v) is 3.90. The number of ether oxygens (including phenoxy) is 2. The maximum atomic E-state index is 12.3. The second kappa shape index (κ2) is 5.90. The van der Waals surface area contributed by atoms with E-state index in [1.807, 2.05) is 0 Å². The van der Waals surface area contributed by atoms with Gasteiger partial charge in [-0.2, -0.15) is 0 Å². The Morgan fingerprint density at radius 2 is 1.80 bits per heavy atom. The predicted molar refractivity (Wildman–Crippen MR) is 47.0 cm³/mol. The monoisotopic (exact) mass is 220 g/mol. The number of halogens is 2. The van der Waals surface area contributed by atoms with Crippen LogP contribution in [0.4, 0.5) is 8.78 Å². The number of hydrogen-bond acceptors (Lipinski definition) is 4. The molecule has 4 nitrogen and oxygen atoms in total. The summed E-state index contributed by atoms with van der Waals surface area (Å²) < 4.78 is 32.7. The van der Waals surface area contributed by atoms with E-state index >= 15 is 0 Å². The molecular formula is C9H10F2O4. The van der Waals surface area contributed by atoms with Crippen molar-refractivity contribution in [3.8, 4) is 0 Å². The Labute approximate surface area is 85.2 Å². The molecule has 84 valence electrons. The molecule has 15 heavy (non-hydrogen) atoms. The average Bonchev–Trinajstić information content (AvgIpc) is 2.13. The summed E-state index contributed by atoms with van der Waals surface area (Å²) in [6.45, 7) is 6.12. The molecule has 0 fully saturated rings. The van der Waals surface area contributed by atoms with E-state index in [0.717, 1.165) is 0 Å². The van der Waals surface area contributed by atoms with Crippen LogP contribution in [0.2, 0.25) is 0 Å². The number of carbonyl (C=O) groups is 2. The Morgan fingerprint density at radius 3 is 2.20 bits per heavy atom. The molecule has 0 rings (SSSR count). The van der Waals surface area contributed by atoms with Crippen molar-refractivity contribution in [2.24, 2.45) is 0 Å². The van der Waals surface area contributed by atoms with Gasteiger partial charge in [0, 0.05) is 0 Å². The van der Waals surface area contributed by atoms with Crippen LogP contribution in [0.15, 0.2) is 24.8 Å². The summed E-state index contributed by atoms with van der Waals surface area (Å²) in [6, 6.07) is 0. The van der Waals surface area contributed by atoms with Crippen LogP contribution in [0.5, 0.6) is 0 Å². The molecule has 0 aliphatic heterocycles. The smallest absolute Gasteiger partial charge is 0.418 e. The largest absolute Gasteiger partial charge is 0.450 e. The molecule has 1 atom stereocenters. The first kappa shape index (κ1) is 13.3. The fourth-order valence-electron chi connectivity index (χ4n) is 0.475. The highest BCUT2D eigenvalue weighted by Crippen LogP contribution is 2.05. The Hall–Kier alpha value is -1.72. The van der Waals surface area contributed by atoms with Gasteiger partial charge in [-0.25, -0.2) is 18.4 Å². The highest BCUT2D eigenvalue weighted by Gasteiger charge is 2.21. The second-order valence-corrected chi connectivity index (χ2v) is 2.59. The maximum Gasteiger partial charge on any atom is 0.418 e. The fourth-order valence-corrected chi connectivity index (χ4v) is 0.475. The lowest BCUT2D eigenvalue weighted by atomic mass is 10.4. The Morgan fingerprint density at radius 1 is 1.27 bits per heavy atom. The van der Waals surface area contributed by atoms with E-state index in [1.54, 1.807) is 0 Å². The second-order valence-electron chi connectivity index (χ2n) is 2.59. The number of esters is 2. The first-order valence-electron chi connectivity index (χ1n) is 3.90. The molecule has 0 saturated carbocycles. The summed E-state index contributed by atoms with van der Waals surface area (Å²) in [5.74, 6) is -4.66. The third-order valence-electron chi connectivity index (χ3n) is 1.25. The molecule has 0 saturated heterocycles. The molecule has 0 radical (unpaired) electrons. The molecule has 0 aromatic heterocycles. The van der Waals surface area contributed by atoms with Gasteiger partial charge in [0.2, 0.25) is 0 Å². The molecule has 0 N–H and O–H groups in total. The summed E-state index contributed by atoms with van der Waals surface area (Å²) in [4.78, 5) is 21.6. The van der Waals surface area contributed by atoms with Gasteiger partial charge in [0.1, 0.15) is 18.3 Å². The van der Waals surface area contributed by atoms with Gasteiger partial charge < -0.3 is 9.47 Å². The SMILES string of the molecule is C=C(F)COC(=O)C(=O)OC(C)C(=C)F. The van der Waals surface area contributed by atoms with Crippen LogP contribution in [0.25, 0.3) is 0 Å². The van der Waals surface area contributed by atoms with Crippen molar-refractivity contribution >= 4 is 11.9 Å². The van der Waals surface area contributed by atoms with Gasteiger partial charge in [-0.05, 0) is 6.92 Å². The molecule has 1 unspecified atom stereocenters. The molecule has 0 amide bonds. The third kappa shape index (κ3) is 5.56. The Bertz CT molecular complexity index is 298. The molecule has 0 aliphatic rings. The average molecular weight is 220 g/mol. The standard InChI is InChI=1S/C9H10F2O4/c1-5(10)4-14-8(12)9(13)15-7(3)6(2)11/h7H,1-2,4H2,3H3. The van der Waals surface area contributed by atoms with Crippen molar-refractivity contribution in [3.63, 3.8) is 0 Å². The van der Waals surface area contributed by atoms with Crippen molar-refractivity contribution in [1.29, 1.82) is 0 Å². The minimum Gasteiger partial charge on any atom is -0.450 e. The molecule has 0 bridgehead atoms. The van der Waals surface area contributed by atoms with E-state index in [1.165, 1.54) is 6.92 Å². The van der Waals surface area contributed by atoms with Crippen molar-refractivity contribution in [1.82, 2.24) is 0 Å². The van der Waals surface area contributed by atoms with Crippen molar-refractivity contribution < 1.29 is 27.8 Å². The Balaban J connectivity index is 4.05. The van der Waals surface area contributed by atoms with Crippen molar-refractivity contribution in [3.05, 3.63) is 24.8 Å². The molecule has 0 aliphatic carbocycles. The van der Waals surface area contributed by atoms with Gasteiger partial charge in [0.15, 0.2) is 6.10 Å². The lowest BCUT2D eigenvalue weighted by Gasteiger charge is -2.09. The van der Waals surface area contributed by atoms with Crippen LogP contribution in [0.1, 0.15) is 6.92 Å². The number of carbonyl (C=O) groups excluding carboxylic acids is 2. The Kier molecular flexibility index (Phi) is 5.22. The van der Waals surface area contributed by atoms with Crippen LogP contribution in [0.3, 0.4) is 0 Å². The topological polar surface area (TPSA) is 52.6 Å². The molecule has 0 heterocycles. The van der Waals surface area contributed by atoms with Crippen LogP contribution >= 0.6 is 0 Å². The summed E-state index contributed by atoms with van der Waals surface area (Å²) in [6.07, 6.45) is -1.25. The van der Waals surface area contributed by atoms with E-state index in [0.29, 0.717) is 0 Å². The van der Waals surface area contributed by atoms with Gasteiger partial charge in [-0.3, -0.25) is 0 Å². The third-order valence-corrected chi connectivity index (χ3v) is 1.25. The molecule has 0 aromatic carbocycles. The normalized spacial score (nSPS) is 11.4. The fraction of sp³-hybridized carbons (Fsp3) is 0.333. The quantitative estimate of drug-likeness (QED) is 0.531. The molecule has 0 spiro atoms. The van der Waals surface area contributed by atoms with Crippen LogP contribution in [-0.2, 0) is 19.1 Å². The van der Waals surface area contributed by atoms with E-state index in [9.17, 15) is 18.4 Å². The maximum absolute atomic E-state index is 12.3. The first-order chi connectivity index (χ1) is 6.84. The zero-order chi connectivity index (χ0) is 12.0. The highest BCUT2D eigenvalue weighted by atomic mass is 19.1. The lowest BCUT2D eigenvalue weighted by Crippen LogP contribution is -2.25. The van der Waals surface area contributed by atoms with Crippen LogP contribution in [0, 0.1) is 0 Å².